The van der Waals surface area contributed by atoms with Gasteiger partial charge in [-0.2, -0.15) is 0 Å². The van der Waals surface area contributed by atoms with Crippen LogP contribution in [-0.2, 0) is 6.42 Å². The summed E-state index contributed by atoms with van der Waals surface area (Å²) in [4.78, 5) is 15.1. The molecule has 8 heteroatoms. The standard InChI is InChI=1S/C15H16Cl2N4O2/c1-9(20-23)13(21-7-12(15(18)22)19-8-21)6-5-10-3-2-4-11(16)14(10)17/h2-4,7-8,13,23H,5-6H2,1H3,(H2,18,22)/t13-/m1/s1. The minimum Gasteiger partial charge on any atom is -0.411 e. The largest absolute Gasteiger partial charge is 0.411 e. The molecule has 1 heterocycles. The highest BCUT2D eigenvalue weighted by atomic mass is 35.5. The van der Waals surface area contributed by atoms with Crippen molar-refractivity contribution in [1.82, 2.24) is 9.55 Å². The Morgan fingerprint density at radius 2 is 2.22 bits per heavy atom. The lowest BCUT2D eigenvalue weighted by atomic mass is 10.0. The zero-order valence-corrected chi connectivity index (χ0v) is 13.9. The van der Waals surface area contributed by atoms with Crippen molar-refractivity contribution in [1.29, 1.82) is 0 Å². The summed E-state index contributed by atoms with van der Waals surface area (Å²) >= 11 is 12.2. The van der Waals surface area contributed by atoms with Crippen LogP contribution in [0.1, 0.15) is 35.4 Å². The second-order valence-corrected chi connectivity index (χ2v) is 5.86. The van der Waals surface area contributed by atoms with Gasteiger partial charge in [-0.3, -0.25) is 4.79 Å². The molecule has 0 radical (unpaired) electrons. The third-order valence-corrected chi connectivity index (χ3v) is 4.43. The second-order valence-electron chi connectivity index (χ2n) is 5.08. The molecule has 0 aliphatic carbocycles. The van der Waals surface area contributed by atoms with Crippen molar-refractivity contribution in [2.45, 2.75) is 25.8 Å². The van der Waals surface area contributed by atoms with E-state index in [1.807, 2.05) is 12.1 Å². The predicted molar refractivity (Wildman–Crippen MR) is 89.5 cm³/mol. The van der Waals surface area contributed by atoms with E-state index < -0.39 is 5.91 Å². The third kappa shape index (κ3) is 4.03. The van der Waals surface area contributed by atoms with E-state index >= 15 is 0 Å². The number of aryl methyl sites for hydroxylation is 1. The van der Waals surface area contributed by atoms with Crippen LogP contribution in [0.5, 0.6) is 0 Å². The Hall–Kier alpha value is -2.05. The first-order valence-corrected chi connectivity index (χ1v) is 7.64. The fourth-order valence-electron chi connectivity index (χ4n) is 2.31. The number of imidazole rings is 1. The van der Waals surface area contributed by atoms with Crippen molar-refractivity contribution >= 4 is 34.8 Å². The highest BCUT2D eigenvalue weighted by molar-refractivity contribution is 6.42. The number of primary amides is 1. The first kappa shape index (κ1) is 17.3. The van der Waals surface area contributed by atoms with Gasteiger partial charge in [0, 0.05) is 6.20 Å². The molecule has 2 aromatic rings. The van der Waals surface area contributed by atoms with E-state index in [0.717, 1.165) is 5.56 Å². The topological polar surface area (TPSA) is 93.5 Å². The number of nitrogens with zero attached hydrogens (tertiary/aromatic N) is 3. The zero-order valence-electron chi connectivity index (χ0n) is 12.4. The second kappa shape index (κ2) is 7.48. The molecule has 6 nitrogen and oxygen atoms in total. The van der Waals surface area contributed by atoms with Crippen molar-refractivity contribution in [3.05, 3.63) is 52.0 Å². The van der Waals surface area contributed by atoms with Gasteiger partial charge in [-0.1, -0.05) is 40.5 Å². The van der Waals surface area contributed by atoms with E-state index in [-0.39, 0.29) is 11.7 Å². The van der Waals surface area contributed by atoms with Gasteiger partial charge in [-0.25, -0.2) is 4.98 Å². The number of rotatable bonds is 6. The normalized spacial score (nSPS) is 13.1. The van der Waals surface area contributed by atoms with Crippen LogP contribution in [0.15, 0.2) is 35.9 Å². The summed E-state index contributed by atoms with van der Waals surface area (Å²) in [5, 5.41) is 13.4. The minimum atomic E-state index is -0.612. The molecule has 23 heavy (non-hydrogen) atoms. The Balaban J connectivity index is 2.22. The maximum Gasteiger partial charge on any atom is 0.268 e. The van der Waals surface area contributed by atoms with E-state index in [0.29, 0.717) is 28.6 Å². The van der Waals surface area contributed by atoms with E-state index in [9.17, 15) is 4.79 Å². The average Bonchev–Trinajstić information content (AvgIpc) is 3.01. The molecule has 0 fully saturated rings. The minimum absolute atomic E-state index is 0.154. The number of benzene rings is 1. The highest BCUT2D eigenvalue weighted by Gasteiger charge is 2.18. The van der Waals surface area contributed by atoms with Gasteiger partial charge >= 0.3 is 0 Å². The highest BCUT2D eigenvalue weighted by Crippen LogP contribution is 2.28. The number of halogens is 2. The summed E-state index contributed by atoms with van der Waals surface area (Å²) < 4.78 is 1.69. The molecular weight excluding hydrogens is 339 g/mol. The van der Waals surface area contributed by atoms with Crippen LogP contribution in [0.4, 0.5) is 0 Å². The van der Waals surface area contributed by atoms with E-state index in [2.05, 4.69) is 10.1 Å². The van der Waals surface area contributed by atoms with Crippen LogP contribution in [0.3, 0.4) is 0 Å². The number of amides is 1. The van der Waals surface area contributed by atoms with Crippen molar-refractivity contribution in [2.24, 2.45) is 10.9 Å². The monoisotopic (exact) mass is 354 g/mol. The summed E-state index contributed by atoms with van der Waals surface area (Å²) in [6, 6.07) is 5.16. The fraction of sp³-hybridized carbons (Fsp3) is 0.267. The zero-order chi connectivity index (χ0) is 17.0. The number of aromatic nitrogens is 2. The third-order valence-electron chi connectivity index (χ3n) is 3.57. The van der Waals surface area contributed by atoms with Crippen LogP contribution >= 0.6 is 23.2 Å². The Labute approximate surface area is 143 Å². The molecule has 0 saturated heterocycles. The number of hydrogen-bond donors (Lipinski definition) is 2. The molecule has 1 aromatic heterocycles. The summed E-state index contributed by atoms with van der Waals surface area (Å²) in [6.45, 7) is 1.69. The van der Waals surface area contributed by atoms with Crippen LogP contribution in [-0.4, -0.2) is 26.4 Å². The lowest BCUT2D eigenvalue weighted by molar-refractivity contribution is 0.0996. The first-order chi connectivity index (χ1) is 10.9. The van der Waals surface area contributed by atoms with Crippen LogP contribution in [0.2, 0.25) is 10.0 Å². The lowest BCUT2D eigenvalue weighted by Gasteiger charge is -2.18. The molecular formula is C15H16Cl2N4O2. The van der Waals surface area contributed by atoms with Gasteiger partial charge in [0.15, 0.2) is 0 Å². The van der Waals surface area contributed by atoms with Crippen LogP contribution < -0.4 is 5.73 Å². The van der Waals surface area contributed by atoms with E-state index in [1.165, 1.54) is 12.5 Å². The molecule has 0 aliphatic rings. The Morgan fingerprint density at radius 1 is 1.48 bits per heavy atom. The summed E-state index contributed by atoms with van der Waals surface area (Å²) in [7, 11) is 0. The van der Waals surface area contributed by atoms with E-state index in [1.54, 1.807) is 17.6 Å². The van der Waals surface area contributed by atoms with Gasteiger partial charge in [0.05, 0.1) is 28.1 Å². The molecule has 3 N–H and O–H groups in total. The van der Waals surface area contributed by atoms with E-state index in [4.69, 9.17) is 34.1 Å². The molecule has 0 bridgehead atoms. The van der Waals surface area contributed by atoms with Gasteiger partial charge in [0.25, 0.3) is 5.91 Å². The molecule has 0 saturated carbocycles. The van der Waals surface area contributed by atoms with Gasteiger partial charge in [0.1, 0.15) is 5.69 Å². The average molecular weight is 355 g/mol. The van der Waals surface area contributed by atoms with Crippen molar-refractivity contribution in [3.8, 4) is 0 Å². The Morgan fingerprint density at radius 3 is 2.83 bits per heavy atom. The molecule has 0 unspecified atom stereocenters. The predicted octanol–water partition coefficient (Wildman–Crippen LogP) is 3.31. The fourth-order valence-corrected chi connectivity index (χ4v) is 2.72. The number of carbonyl (C=O) groups is 1. The maximum atomic E-state index is 11.2. The molecule has 0 aliphatic heterocycles. The van der Waals surface area contributed by atoms with Gasteiger partial charge in [-0.15, -0.1) is 0 Å². The van der Waals surface area contributed by atoms with Gasteiger partial charge in [-0.05, 0) is 31.4 Å². The van der Waals surface area contributed by atoms with Crippen molar-refractivity contribution < 1.29 is 10.0 Å². The lowest BCUT2D eigenvalue weighted by Crippen LogP contribution is -2.17. The van der Waals surface area contributed by atoms with Gasteiger partial charge in [0.2, 0.25) is 0 Å². The summed E-state index contributed by atoms with van der Waals surface area (Å²) in [6.07, 6.45) is 4.21. The SMILES string of the molecule is CC(=NO)[C@@H](CCc1cccc(Cl)c1Cl)n1cnc(C(N)=O)c1. The quantitative estimate of drug-likeness (QED) is 0.473. The Bertz CT molecular complexity index is 743. The Kier molecular flexibility index (Phi) is 5.63. The molecule has 122 valence electrons. The van der Waals surface area contributed by atoms with Crippen LogP contribution in [0, 0.1) is 0 Å². The molecule has 1 atom stereocenters. The number of carbonyl (C=O) groups excluding carboxylic acids is 1. The summed E-state index contributed by atoms with van der Waals surface area (Å²) in [5.41, 5.74) is 6.74. The molecule has 2 rings (SSSR count). The maximum absolute atomic E-state index is 11.2. The molecule has 1 aromatic carbocycles. The number of nitrogens with two attached hydrogens (primary N) is 1. The summed E-state index contributed by atoms with van der Waals surface area (Å²) in [5.74, 6) is -0.612. The number of oxime groups is 1. The van der Waals surface area contributed by atoms with Crippen molar-refractivity contribution in [2.75, 3.05) is 0 Å². The van der Waals surface area contributed by atoms with Gasteiger partial charge < -0.3 is 15.5 Å². The molecule has 0 spiro atoms. The first-order valence-electron chi connectivity index (χ1n) is 6.88. The van der Waals surface area contributed by atoms with Crippen molar-refractivity contribution in [3.63, 3.8) is 0 Å². The smallest absolute Gasteiger partial charge is 0.268 e. The molecule has 1 amide bonds. The van der Waals surface area contributed by atoms with Crippen LogP contribution in [0.25, 0.3) is 0 Å². The number of hydrogen-bond acceptors (Lipinski definition) is 4.